The lowest BCUT2D eigenvalue weighted by Crippen LogP contribution is -2.17. The first-order chi connectivity index (χ1) is 13.1. The van der Waals surface area contributed by atoms with Crippen molar-refractivity contribution in [3.05, 3.63) is 58.9 Å². The highest BCUT2D eigenvalue weighted by Gasteiger charge is 2.15. The molecule has 1 amide bonds. The Morgan fingerprint density at radius 2 is 1.89 bits per heavy atom. The van der Waals surface area contributed by atoms with Gasteiger partial charge in [0.25, 0.3) is 0 Å². The van der Waals surface area contributed by atoms with Gasteiger partial charge < -0.3 is 14.8 Å². The summed E-state index contributed by atoms with van der Waals surface area (Å²) >= 11 is 1.44. The molecule has 2 aromatic carbocycles. The molecule has 5 nitrogen and oxygen atoms in total. The molecule has 2 heterocycles. The van der Waals surface area contributed by atoms with Gasteiger partial charge in [-0.2, -0.15) is 0 Å². The van der Waals surface area contributed by atoms with Crippen LogP contribution in [0.15, 0.2) is 42.5 Å². The summed E-state index contributed by atoms with van der Waals surface area (Å²) in [5.74, 6) is 0.892. The van der Waals surface area contributed by atoms with E-state index in [2.05, 4.69) is 10.3 Å². The van der Waals surface area contributed by atoms with Crippen molar-refractivity contribution in [2.24, 2.45) is 0 Å². The predicted octanol–water partition coefficient (Wildman–Crippen LogP) is 4.21. The summed E-state index contributed by atoms with van der Waals surface area (Å²) in [4.78, 5) is 17.8. The van der Waals surface area contributed by atoms with Gasteiger partial charge in [-0.3, -0.25) is 4.79 Å². The molecule has 3 aromatic rings. The number of fused-ring (bicyclic) bond motifs is 1. The highest BCUT2D eigenvalue weighted by Crippen LogP contribution is 2.33. The molecule has 0 spiro atoms. The van der Waals surface area contributed by atoms with Gasteiger partial charge in [0, 0.05) is 22.2 Å². The van der Waals surface area contributed by atoms with E-state index >= 15 is 0 Å². The van der Waals surface area contributed by atoms with Crippen LogP contribution in [0.1, 0.15) is 10.6 Å². The van der Waals surface area contributed by atoms with Crippen molar-refractivity contribution < 1.29 is 18.7 Å². The van der Waals surface area contributed by atoms with Crippen LogP contribution in [0, 0.1) is 12.7 Å². The lowest BCUT2D eigenvalue weighted by atomic mass is 10.2. The van der Waals surface area contributed by atoms with Crippen LogP contribution in [-0.4, -0.2) is 24.1 Å². The minimum absolute atomic E-state index is 0.135. The molecular formula is C20H17FN2O3S. The topological polar surface area (TPSA) is 60.5 Å². The van der Waals surface area contributed by atoms with E-state index in [-0.39, 0.29) is 18.1 Å². The Labute approximate surface area is 159 Å². The Morgan fingerprint density at radius 1 is 1.15 bits per heavy atom. The summed E-state index contributed by atoms with van der Waals surface area (Å²) in [6.45, 7) is 2.90. The maximum atomic E-state index is 13.1. The fourth-order valence-electron chi connectivity index (χ4n) is 2.78. The summed E-state index contributed by atoms with van der Waals surface area (Å²) in [5.41, 5.74) is 2.30. The quantitative estimate of drug-likeness (QED) is 0.732. The Hall–Kier alpha value is -2.93. The van der Waals surface area contributed by atoms with Gasteiger partial charge in [0.2, 0.25) is 5.91 Å². The minimum atomic E-state index is -0.286. The number of carbonyl (C=O) groups is 1. The minimum Gasteiger partial charge on any atom is -0.486 e. The molecule has 0 unspecified atom stereocenters. The summed E-state index contributed by atoms with van der Waals surface area (Å²) in [7, 11) is 0. The summed E-state index contributed by atoms with van der Waals surface area (Å²) < 4.78 is 24.1. The normalized spacial score (nSPS) is 12.7. The molecule has 1 aliphatic heterocycles. The number of ether oxygens (including phenoxy) is 2. The van der Waals surface area contributed by atoms with Crippen LogP contribution in [0.3, 0.4) is 0 Å². The van der Waals surface area contributed by atoms with Crippen molar-refractivity contribution in [3.63, 3.8) is 0 Å². The Bertz CT molecular complexity index is 985. The third-order valence-electron chi connectivity index (χ3n) is 4.13. The van der Waals surface area contributed by atoms with Crippen LogP contribution < -0.4 is 14.8 Å². The number of aryl methyl sites for hydroxylation is 1. The first kappa shape index (κ1) is 17.5. The summed E-state index contributed by atoms with van der Waals surface area (Å²) in [6, 6.07) is 11.5. The Balaban J connectivity index is 1.46. The summed E-state index contributed by atoms with van der Waals surface area (Å²) in [6.07, 6.45) is 0.221. The number of anilines is 1. The van der Waals surface area contributed by atoms with Gasteiger partial charge in [-0.25, -0.2) is 9.37 Å². The van der Waals surface area contributed by atoms with Gasteiger partial charge in [0.05, 0.1) is 12.1 Å². The number of nitrogens with one attached hydrogen (secondary N) is 1. The second-order valence-electron chi connectivity index (χ2n) is 6.12. The van der Waals surface area contributed by atoms with Crippen LogP contribution in [0.2, 0.25) is 0 Å². The zero-order valence-corrected chi connectivity index (χ0v) is 15.4. The van der Waals surface area contributed by atoms with E-state index in [9.17, 15) is 9.18 Å². The molecule has 1 N–H and O–H groups in total. The monoisotopic (exact) mass is 384 g/mol. The molecule has 0 aliphatic carbocycles. The predicted molar refractivity (Wildman–Crippen MR) is 102 cm³/mol. The molecule has 4 rings (SSSR count). The zero-order valence-electron chi connectivity index (χ0n) is 14.6. The maximum absolute atomic E-state index is 13.1. The largest absolute Gasteiger partial charge is 0.486 e. The number of thiazole rings is 1. The fraction of sp³-hybridized carbons (Fsp3) is 0.200. The van der Waals surface area contributed by atoms with E-state index in [4.69, 9.17) is 9.47 Å². The molecule has 0 saturated carbocycles. The van der Waals surface area contributed by atoms with Gasteiger partial charge in [-0.05, 0) is 43.3 Å². The molecular weight excluding hydrogens is 367 g/mol. The molecule has 0 atom stereocenters. The number of amides is 1. The first-order valence-electron chi connectivity index (χ1n) is 8.50. The highest BCUT2D eigenvalue weighted by atomic mass is 32.1. The molecule has 1 aliphatic rings. The molecule has 138 valence electrons. The molecule has 27 heavy (non-hydrogen) atoms. The van der Waals surface area contributed by atoms with Gasteiger partial charge in [0.1, 0.15) is 24.0 Å². The lowest BCUT2D eigenvalue weighted by Gasteiger charge is -2.19. The van der Waals surface area contributed by atoms with Gasteiger partial charge in [-0.1, -0.05) is 0 Å². The Morgan fingerprint density at radius 3 is 2.67 bits per heavy atom. The van der Waals surface area contributed by atoms with Crippen LogP contribution >= 0.6 is 11.3 Å². The van der Waals surface area contributed by atoms with Crippen molar-refractivity contribution in [1.29, 1.82) is 0 Å². The van der Waals surface area contributed by atoms with Gasteiger partial charge in [0.15, 0.2) is 11.5 Å². The highest BCUT2D eigenvalue weighted by molar-refractivity contribution is 7.15. The van der Waals surface area contributed by atoms with Crippen molar-refractivity contribution >= 4 is 22.9 Å². The third-order valence-corrected chi connectivity index (χ3v) is 5.34. The fourth-order valence-corrected chi connectivity index (χ4v) is 3.85. The average Bonchev–Trinajstić information content (AvgIpc) is 3.02. The van der Waals surface area contributed by atoms with Gasteiger partial charge >= 0.3 is 0 Å². The van der Waals surface area contributed by atoms with E-state index < -0.39 is 0 Å². The number of carbonyl (C=O) groups excluding carboxylic acids is 1. The van der Waals surface area contributed by atoms with E-state index in [0.29, 0.717) is 30.4 Å². The molecule has 0 fully saturated rings. The Kier molecular flexibility index (Phi) is 4.77. The standard InChI is InChI=1S/C20H17FN2O3S/c1-12-18(27-20(22-12)13-2-4-14(21)5-3-13)11-19(24)23-15-6-7-16-17(10-15)26-9-8-25-16/h2-7,10H,8-9,11H2,1H3,(H,23,24). The number of benzene rings is 2. The second-order valence-corrected chi connectivity index (χ2v) is 7.20. The number of hydrogen-bond donors (Lipinski definition) is 1. The molecule has 0 radical (unpaired) electrons. The van der Waals surface area contributed by atoms with Crippen molar-refractivity contribution in [2.75, 3.05) is 18.5 Å². The molecule has 7 heteroatoms. The van der Waals surface area contributed by atoms with E-state index in [0.717, 1.165) is 21.1 Å². The molecule has 0 saturated heterocycles. The van der Waals surface area contributed by atoms with Gasteiger partial charge in [-0.15, -0.1) is 11.3 Å². The molecule has 0 bridgehead atoms. The van der Waals surface area contributed by atoms with Crippen molar-refractivity contribution in [2.45, 2.75) is 13.3 Å². The average molecular weight is 384 g/mol. The SMILES string of the molecule is Cc1nc(-c2ccc(F)cc2)sc1CC(=O)Nc1ccc2c(c1)OCCO2. The van der Waals surface area contributed by atoms with E-state index in [1.54, 1.807) is 30.3 Å². The van der Waals surface area contributed by atoms with Crippen LogP contribution in [0.5, 0.6) is 11.5 Å². The van der Waals surface area contributed by atoms with Crippen LogP contribution in [-0.2, 0) is 11.2 Å². The smallest absolute Gasteiger partial charge is 0.229 e. The van der Waals surface area contributed by atoms with E-state index in [1.165, 1.54) is 23.5 Å². The van der Waals surface area contributed by atoms with Crippen molar-refractivity contribution in [3.8, 4) is 22.1 Å². The van der Waals surface area contributed by atoms with E-state index in [1.807, 2.05) is 6.92 Å². The first-order valence-corrected chi connectivity index (χ1v) is 9.32. The van der Waals surface area contributed by atoms with Crippen LogP contribution in [0.4, 0.5) is 10.1 Å². The number of halogens is 1. The zero-order chi connectivity index (χ0) is 18.8. The third kappa shape index (κ3) is 3.93. The van der Waals surface area contributed by atoms with Crippen LogP contribution in [0.25, 0.3) is 10.6 Å². The number of aromatic nitrogens is 1. The summed E-state index contributed by atoms with van der Waals surface area (Å²) in [5, 5.41) is 3.65. The lowest BCUT2D eigenvalue weighted by molar-refractivity contribution is -0.115. The maximum Gasteiger partial charge on any atom is 0.229 e. The number of hydrogen-bond acceptors (Lipinski definition) is 5. The number of rotatable bonds is 4. The molecule has 1 aromatic heterocycles. The number of nitrogens with zero attached hydrogens (tertiary/aromatic N) is 1. The van der Waals surface area contributed by atoms with Crippen molar-refractivity contribution in [1.82, 2.24) is 4.98 Å². The second kappa shape index (κ2) is 7.36.